The molecule has 1 N–H and O–H groups in total. The Labute approximate surface area is 236 Å². The Morgan fingerprint density at radius 2 is 0.900 bits per heavy atom. The first-order valence-corrected chi connectivity index (χ1v) is 13.4. The van der Waals surface area contributed by atoms with E-state index in [0.717, 1.165) is 6.08 Å². The smallest absolute Gasteiger partial charge is 0.407 e. The van der Waals surface area contributed by atoms with E-state index in [1.807, 2.05) is 0 Å². The Morgan fingerprint density at radius 1 is 0.550 bits per heavy atom. The number of rotatable bonds is 29. The largest absolute Gasteiger partial charge is 0.463 e. The van der Waals surface area contributed by atoms with Crippen LogP contribution >= 0.6 is 0 Å². The van der Waals surface area contributed by atoms with E-state index < -0.39 is 12.1 Å². The highest BCUT2D eigenvalue weighted by atomic mass is 16.6. The van der Waals surface area contributed by atoms with E-state index in [4.69, 9.17) is 47.4 Å². The van der Waals surface area contributed by atoms with Gasteiger partial charge in [-0.3, -0.25) is 4.79 Å². The molecule has 0 radical (unpaired) electrons. The van der Waals surface area contributed by atoms with Crippen LogP contribution in [0.15, 0.2) is 12.7 Å². The van der Waals surface area contributed by atoms with Crippen LogP contribution in [-0.4, -0.2) is 137 Å². The van der Waals surface area contributed by atoms with E-state index in [0.29, 0.717) is 85.9 Å². The van der Waals surface area contributed by atoms with Gasteiger partial charge in [-0.15, -0.1) is 0 Å². The molecule has 0 aliphatic carbocycles. The third-order valence-electron chi connectivity index (χ3n) is 4.42. The summed E-state index contributed by atoms with van der Waals surface area (Å²) in [6.07, 6.45) is 0.425. The molecule has 14 heteroatoms. The SMILES string of the molecule is C=CC(=O)OCCNC(=O)OCCOCCOCCOCCOCCOCCOCCOCCOC(=O)C(C)C. The number of esters is 2. The summed E-state index contributed by atoms with van der Waals surface area (Å²) in [6, 6.07) is 0. The number of hydrogen-bond acceptors (Lipinski definition) is 13. The number of amides is 1. The summed E-state index contributed by atoms with van der Waals surface area (Å²) in [7, 11) is 0. The summed E-state index contributed by atoms with van der Waals surface area (Å²) < 4.78 is 52.2. The minimum Gasteiger partial charge on any atom is -0.463 e. The monoisotopic (exact) mass is 581 g/mol. The van der Waals surface area contributed by atoms with Crippen molar-refractivity contribution in [1.82, 2.24) is 5.32 Å². The molecule has 40 heavy (non-hydrogen) atoms. The van der Waals surface area contributed by atoms with E-state index in [-0.39, 0.29) is 44.9 Å². The number of ether oxygens (including phenoxy) is 10. The van der Waals surface area contributed by atoms with Crippen LogP contribution in [0.2, 0.25) is 0 Å². The van der Waals surface area contributed by atoms with Crippen molar-refractivity contribution in [3.8, 4) is 0 Å². The summed E-state index contributed by atoms with van der Waals surface area (Å²) in [5, 5.41) is 2.43. The number of nitrogens with one attached hydrogen (secondary N) is 1. The van der Waals surface area contributed by atoms with Gasteiger partial charge >= 0.3 is 18.0 Å². The topological polar surface area (TPSA) is 156 Å². The zero-order valence-corrected chi connectivity index (χ0v) is 23.9. The van der Waals surface area contributed by atoms with Crippen LogP contribution in [0.1, 0.15) is 13.8 Å². The maximum Gasteiger partial charge on any atom is 0.407 e. The van der Waals surface area contributed by atoms with Gasteiger partial charge in [0.2, 0.25) is 0 Å². The highest BCUT2D eigenvalue weighted by Crippen LogP contribution is 1.95. The van der Waals surface area contributed by atoms with Gasteiger partial charge in [-0.1, -0.05) is 20.4 Å². The second kappa shape index (κ2) is 29.6. The third kappa shape index (κ3) is 28.7. The van der Waals surface area contributed by atoms with Crippen LogP contribution in [0.4, 0.5) is 4.79 Å². The molecule has 0 aromatic rings. The number of hydrogen-bond donors (Lipinski definition) is 1. The first kappa shape index (κ1) is 37.7. The summed E-state index contributed by atoms with van der Waals surface area (Å²) in [5.41, 5.74) is 0. The van der Waals surface area contributed by atoms with Crippen molar-refractivity contribution in [2.45, 2.75) is 13.8 Å². The molecule has 0 saturated carbocycles. The molecule has 0 atom stereocenters. The van der Waals surface area contributed by atoms with Gasteiger partial charge in [0, 0.05) is 6.08 Å². The first-order chi connectivity index (χ1) is 19.5. The molecule has 0 unspecified atom stereocenters. The Hall–Kier alpha value is -2.33. The fourth-order valence-corrected chi connectivity index (χ4v) is 2.40. The van der Waals surface area contributed by atoms with Crippen molar-refractivity contribution >= 4 is 18.0 Å². The highest BCUT2D eigenvalue weighted by molar-refractivity contribution is 5.81. The minimum atomic E-state index is -0.618. The molecule has 0 aromatic heterocycles. The van der Waals surface area contributed by atoms with Crippen LogP contribution in [0.25, 0.3) is 0 Å². The Kier molecular flexibility index (Phi) is 27.9. The van der Waals surface area contributed by atoms with Crippen LogP contribution in [0.5, 0.6) is 0 Å². The van der Waals surface area contributed by atoms with Gasteiger partial charge in [0.05, 0.1) is 105 Å². The molecule has 0 rings (SSSR count). The van der Waals surface area contributed by atoms with Crippen LogP contribution in [0, 0.1) is 5.92 Å². The predicted octanol–water partition coefficient (Wildman–Crippen LogP) is 0.757. The molecule has 0 heterocycles. The number of carbonyl (C=O) groups excluding carboxylic acids is 3. The van der Waals surface area contributed by atoms with E-state index in [2.05, 4.69) is 11.9 Å². The van der Waals surface area contributed by atoms with Gasteiger partial charge in [-0.2, -0.15) is 0 Å². The van der Waals surface area contributed by atoms with Crippen LogP contribution in [-0.2, 0) is 57.0 Å². The lowest BCUT2D eigenvalue weighted by Crippen LogP contribution is -2.29. The second-order valence-electron chi connectivity index (χ2n) is 8.04. The van der Waals surface area contributed by atoms with E-state index in [1.54, 1.807) is 13.8 Å². The molecular formula is C26H47NO13. The van der Waals surface area contributed by atoms with Crippen molar-refractivity contribution < 1.29 is 61.8 Å². The van der Waals surface area contributed by atoms with Crippen molar-refractivity contribution in [1.29, 1.82) is 0 Å². The van der Waals surface area contributed by atoms with Gasteiger partial charge in [0.15, 0.2) is 0 Å². The Morgan fingerprint density at radius 3 is 1.25 bits per heavy atom. The number of carbonyl (C=O) groups is 3. The lowest BCUT2D eigenvalue weighted by atomic mass is 10.2. The zero-order valence-electron chi connectivity index (χ0n) is 23.9. The van der Waals surface area contributed by atoms with Crippen LogP contribution in [0.3, 0.4) is 0 Å². The quantitative estimate of drug-likeness (QED) is 0.0572. The lowest BCUT2D eigenvalue weighted by Gasteiger charge is -2.09. The van der Waals surface area contributed by atoms with Gasteiger partial charge in [0.25, 0.3) is 0 Å². The Balaban J connectivity index is 3.15. The molecule has 0 bridgehead atoms. The molecule has 0 aliphatic rings. The van der Waals surface area contributed by atoms with E-state index >= 15 is 0 Å². The lowest BCUT2D eigenvalue weighted by molar-refractivity contribution is -0.149. The summed E-state index contributed by atoms with van der Waals surface area (Å²) in [4.78, 5) is 33.5. The predicted molar refractivity (Wildman–Crippen MR) is 142 cm³/mol. The highest BCUT2D eigenvalue weighted by Gasteiger charge is 2.07. The van der Waals surface area contributed by atoms with E-state index in [1.165, 1.54) is 0 Å². The molecule has 234 valence electrons. The van der Waals surface area contributed by atoms with Crippen molar-refractivity contribution in [2.75, 3.05) is 119 Å². The molecule has 0 aromatic carbocycles. The molecule has 14 nitrogen and oxygen atoms in total. The standard InChI is InChI=1S/C26H47NO13/c1-4-24(28)38-6-5-27-26(30)40-22-20-37-18-16-35-14-12-33-10-8-31-7-9-32-11-13-34-15-17-36-19-21-39-25(29)23(2)3/h4,23H,1,5-22H2,2-3H3,(H,27,30). The fourth-order valence-electron chi connectivity index (χ4n) is 2.40. The normalized spacial score (nSPS) is 10.9. The zero-order chi connectivity index (χ0) is 29.5. The maximum atomic E-state index is 11.4. The minimum absolute atomic E-state index is 0.0392. The van der Waals surface area contributed by atoms with Gasteiger partial charge in [-0.25, -0.2) is 9.59 Å². The summed E-state index contributed by atoms with van der Waals surface area (Å²) in [6.45, 7) is 13.2. The average Bonchev–Trinajstić information content (AvgIpc) is 2.94. The molecule has 0 fully saturated rings. The fraction of sp³-hybridized carbons (Fsp3) is 0.808. The van der Waals surface area contributed by atoms with Crippen molar-refractivity contribution in [3.63, 3.8) is 0 Å². The Bertz CT molecular complexity index is 634. The molecule has 0 saturated heterocycles. The molecular weight excluding hydrogens is 534 g/mol. The van der Waals surface area contributed by atoms with Gasteiger partial charge < -0.3 is 52.7 Å². The third-order valence-corrected chi connectivity index (χ3v) is 4.42. The van der Waals surface area contributed by atoms with Gasteiger partial charge in [-0.05, 0) is 0 Å². The number of alkyl carbamates (subject to hydrolysis) is 1. The van der Waals surface area contributed by atoms with Gasteiger partial charge in [0.1, 0.15) is 19.8 Å². The van der Waals surface area contributed by atoms with Crippen molar-refractivity contribution in [3.05, 3.63) is 12.7 Å². The molecule has 1 amide bonds. The summed E-state index contributed by atoms with van der Waals surface area (Å²) in [5.74, 6) is -0.914. The van der Waals surface area contributed by atoms with Crippen LogP contribution < -0.4 is 5.32 Å². The second-order valence-corrected chi connectivity index (χ2v) is 8.04. The maximum absolute atomic E-state index is 11.4. The average molecular weight is 582 g/mol. The summed E-state index contributed by atoms with van der Waals surface area (Å²) >= 11 is 0. The van der Waals surface area contributed by atoms with Crippen molar-refractivity contribution in [2.24, 2.45) is 5.92 Å². The molecule has 0 spiro atoms. The first-order valence-electron chi connectivity index (χ1n) is 13.4. The van der Waals surface area contributed by atoms with E-state index in [9.17, 15) is 14.4 Å². The molecule has 0 aliphatic heterocycles.